The van der Waals surface area contributed by atoms with Crippen LogP contribution in [0.25, 0.3) is 10.2 Å². The first-order valence-corrected chi connectivity index (χ1v) is 9.71. The molecule has 0 atom stereocenters. The van der Waals surface area contributed by atoms with Crippen LogP contribution in [0.2, 0.25) is 0 Å². The maximum Gasteiger partial charge on any atom is 0.263 e. The molecule has 0 radical (unpaired) electrons. The van der Waals surface area contributed by atoms with E-state index in [1.807, 2.05) is 24.3 Å². The molecule has 1 heterocycles. The lowest BCUT2D eigenvalue weighted by molar-refractivity contribution is -0.894. The van der Waals surface area contributed by atoms with Gasteiger partial charge in [0.15, 0.2) is 5.13 Å². The molecule has 1 amide bonds. The van der Waals surface area contributed by atoms with Crippen molar-refractivity contribution < 1.29 is 14.1 Å². The number of likely N-dealkylation sites (N-methyl/N-ethyl adjacent to an activating group) is 1. The normalized spacial score (nSPS) is 11.2. The lowest BCUT2D eigenvalue weighted by Crippen LogP contribution is -3.12. The van der Waals surface area contributed by atoms with Gasteiger partial charge in [0, 0.05) is 0 Å². The number of amides is 1. The highest BCUT2D eigenvalue weighted by Gasteiger charge is 2.24. The fourth-order valence-electron chi connectivity index (χ4n) is 2.91. The number of hydrogen-bond acceptors (Lipinski definition) is 3. The van der Waals surface area contributed by atoms with Crippen LogP contribution in [0.4, 0.5) is 9.52 Å². The first kappa shape index (κ1) is 18.5. The summed E-state index contributed by atoms with van der Waals surface area (Å²) in [6.45, 7) is 7.52. The van der Waals surface area contributed by atoms with Crippen molar-refractivity contribution in [3.63, 3.8) is 0 Å². The van der Waals surface area contributed by atoms with E-state index in [2.05, 4.69) is 18.8 Å². The third kappa shape index (κ3) is 3.92. The minimum absolute atomic E-state index is 0.0845. The topological polar surface area (TPSA) is 37.6 Å². The van der Waals surface area contributed by atoms with Crippen LogP contribution in [-0.2, 0) is 0 Å². The van der Waals surface area contributed by atoms with Gasteiger partial charge < -0.3 is 4.90 Å². The maximum absolute atomic E-state index is 14.2. The van der Waals surface area contributed by atoms with Crippen molar-refractivity contribution in [3.05, 3.63) is 59.9 Å². The molecule has 6 heteroatoms. The van der Waals surface area contributed by atoms with Gasteiger partial charge in [-0.05, 0) is 38.1 Å². The molecule has 2 aromatic carbocycles. The van der Waals surface area contributed by atoms with E-state index in [1.165, 1.54) is 28.4 Å². The van der Waals surface area contributed by atoms with Gasteiger partial charge in [0.1, 0.15) is 5.82 Å². The van der Waals surface area contributed by atoms with Gasteiger partial charge in [0.25, 0.3) is 5.91 Å². The van der Waals surface area contributed by atoms with Crippen molar-refractivity contribution in [2.75, 3.05) is 31.1 Å². The zero-order valence-corrected chi connectivity index (χ0v) is 15.9. The first-order chi connectivity index (χ1) is 12.6. The number of halogens is 1. The number of anilines is 1. The van der Waals surface area contributed by atoms with E-state index in [0.717, 1.165) is 29.9 Å². The smallest absolute Gasteiger partial charge is 0.263 e. The Morgan fingerprint density at radius 1 is 1.12 bits per heavy atom. The zero-order valence-electron chi connectivity index (χ0n) is 15.0. The summed E-state index contributed by atoms with van der Waals surface area (Å²) < 4.78 is 15.2. The minimum atomic E-state index is -0.501. The largest absolute Gasteiger partial charge is 0.334 e. The highest BCUT2D eigenvalue weighted by Crippen LogP contribution is 2.29. The third-order valence-corrected chi connectivity index (χ3v) is 5.61. The van der Waals surface area contributed by atoms with Gasteiger partial charge in [-0.2, -0.15) is 0 Å². The summed E-state index contributed by atoms with van der Waals surface area (Å²) >= 11 is 1.46. The fourth-order valence-corrected chi connectivity index (χ4v) is 3.90. The highest BCUT2D eigenvalue weighted by molar-refractivity contribution is 7.22. The summed E-state index contributed by atoms with van der Waals surface area (Å²) in [6.07, 6.45) is 0. The Morgan fingerprint density at radius 3 is 2.50 bits per heavy atom. The molecule has 26 heavy (non-hydrogen) atoms. The predicted molar refractivity (Wildman–Crippen MR) is 105 cm³/mol. The molecule has 0 saturated heterocycles. The molecular formula is C20H23FN3OS+. The van der Waals surface area contributed by atoms with Crippen molar-refractivity contribution >= 4 is 32.6 Å². The van der Waals surface area contributed by atoms with Crippen molar-refractivity contribution in [2.24, 2.45) is 0 Å². The Morgan fingerprint density at radius 2 is 1.81 bits per heavy atom. The first-order valence-electron chi connectivity index (χ1n) is 8.89. The van der Waals surface area contributed by atoms with Crippen molar-refractivity contribution in [2.45, 2.75) is 13.8 Å². The number of aromatic nitrogens is 1. The minimum Gasteiger partial charge on any atom is -0.334 e. The van der Waals surface area contributed by atoms with Gasteiger partial charge >= 0.3 is 0 Å². The lowest BCUT2D eigenvalue weighted by Gasteiger charge is -2.23. The van der Waals surface area contributed by atoms with E-state index in [4.69, 9.17) is 0 Å². The monoisotopic (exact) mass is 372 g/mol. The summed E-state index contributed by atoms with van der Waals surface area (Å²) in [7, 11) is 0. The molecule has 0 saturated carbocycles. The van der Waals surface area contributed by atoms with E-state index in [-0.39, 0.29) is 11.5 Å². The Balaban J connectivity index is 1.95. The third-order valence-electron chi connectivity index (χ3n) is 4.55. The number of carbonyl (C=O) groups excluding carboxylic acids is 1. The second-order valence-corrected chi connectivity index (χ2v) is 7.12. The molecule has 1 aromatic heterocycles. The van der Waals surface area contributed by atoms with Crippen LogP contribution in [0.5, 0.6) is 0 Å². The fraction of sp³-hybridized carbons (Fsp3) is 0.300. The quantitative estimate of drug-likeness (QED) is 0.692. The van der Waals surface area contributed by atoms with Gasteiger partial charge in [-0.15, -0.1) is 0 Å². The van der Waals surface area contributed by atoms with Crippen LogP contribution in [0.1, 0.15) is 24.2 Å². The summed E-state index contributed by atoms with van der Waals surface area (Å²) in [4.78, 5) is 20.7. The number of fused-ring (bicyclic) bond motifs is 1. The van der Waals surface area contributed by atoms with Gasteiger partial charge in [-0.25, -0.2) is 9.37 Å². The number of nitrogens with one attached hydrogen (secondary N) is 1. The lowest BCUT2D eigenvalue weighted by atomic mass is 10.2. The zero-order chi connectivity index (χ0) is 18.5. The van der Waals surface area contributed by atoms with Crippen molar-refractivity contribution in [1.82, 2.24) is 4.98 Å². The predicted octanol–water partition coefficient (Wildman–Crippen LogP) is 3.01. The number of thiazole rings is 1. The molecule has 4 nitrogen and oxygen atoms in total. The van der Waals surface area contributed by atoms with Gasteiger partial charge in [0.2, 0.25) is 0 Å². The molecule has 0 aliphatic heterocycles. The standard InChI is InChI=1S/C20H22FN3OS/c1-3-23(4-2)13-14-24(19(25)15-9-5-6-10-16(15)21)20-22-17-11-7-8-12-18(17)26-20/h5-12H,3-4,13-14H2,1-2H3/p+1. The molecule has 0 fully saturated rings. The average Bonchev–Trinajstić information content (AvgIpc) is 3.09. The van der Waals surface area contributed by atoms with Crippen LogP contribution in [-0.4, -0.2) is 37.1 Å². The number of para-hydroxylation sites is 1. The number of nitrogens with zero attached hydrogens (tertiary/aromatic N) is 2. The molecule has 0 aliphatic rings. The summed E-state index contributed by atoms with van der Waals surface area (Å²) in [6, 6.07) is 13.9. The summed E-state index contributed by atoms with van der Waals surface area (Å²) in [5, 5.41) is 0.617. The Labute approximate surface area is 156 Å². The SMILES string of the molecule is CC[NH+](CC)CCN(C(=O)c1ccccc1F)c1nc2ccccc2s1. The van der Waals surface area contributed by atoms with E-state index >= 15 is 0 Å². The van der Waals surface area contributed by atoms with E-state index in [0.29, 0.717) is 11.7 Å². The van der Waals surface area contributed by atoms with Crippen molar-refractivity contribution in [1.29, 1.82) is 0 Å². The van der Waals surface area contributed by atoms with E-state index in [9.17, 15) is 9.18 Å². The molecule has 0 spiro atoms. The van der Waals surface area contributed by atoms with Crippen LogP contribution in [0.15, 0.2) is 48.5 Å². The van der Waals surface area contributed by atoms with Crippen LogP contribution < -0.4 is 9.80 Å². The molecule has 136 valence electrons. The van der Waals surface area contributed by atoms with Crippen molar-refractivity contribution in [3.8, 4) is 0 Å². The molecule has 3 aromatic rings. The molecule has 1 N–H and O–H groups in total. The number of hydrogen-bond donors (Lipinski definition) is 1. The number of benzene rings is 2. The number of carbonyl (C=O) groups is 1. The van der Waals surface area contributed by atoms with Gasteiger partial charge in [-0.1, -0.05) is 35.6 Å². The molecule has 3 rings (SSSR count). The molecule has 0 aliphatic carbocycles. The van der Waals surface area contributed by atoms with E-state index < -0.39 is 5.82 Å². The average molecular weight is 372 g/mol. The van der Waals surface area contributed by atoms with E-state index in [1.54, 1.807) is 17.0 Å². The Kier molecular flexibility index (Phi) is 5.96. The Hall–Kier alpha value is -2.31. The van der Waals surface area contributed by atoms with Gasteiger partial charge in [-0.3, -0.25) is 9.69 Å². The Bertz CT molecular complexity index is 858. The highest BCUT2D eigenvalue weighted by atomic mass is 32.1. The number of quaternary nitrogens is 1. The summed E-state index contributed by atoms with van der Waals surface area (Å²) in [5.41, 5.74) is 0.940. The van der Waals surface area contributed by atoms with Crippen LogP contribution in [0, 0.1) is 5.82 Å². The van der Waals surface area contributed by atoms with Crippen LogP contribution >= 0.6 is 11.3 Å². The molecule has 0 unspecified atom stereocenters. The maximum atomic E-state index is 14.2. The summed E-state index contributed by atoms with van der Waals surface area (Å²) in [5.74, 6) is -0.840. The van der Waals surface area contributed by atoms with Crippen LogP contribution in [0.3, 0.4) is 0 Å². The second kappa shape index (κ2) is 8.38. The van der Waals surface area contributed by atoms with Gasteiger partial charge in [0.05, 0.1) is 42.0 Å². The number of rotatable bonds is 7. The second-order valence-electron chi connectivity index (χ2n) is 6.11. The molecule has 0 bridgehead atoms. The molecular weight excluding hydrogens is 349 g/mol.